The maximum Gasteiger partial charge on any atom is 0.168 e. The number of thiazole rings is 1. The van der Waals surface area contributed by atoms with Crippen molar-refractivity contribution in [1.82, 2.24) is 14.5 Å². The maximum atomic E-state index is 5.89. The number of nitrogens with zero attached hydrogens (tertiary/aromatic N) is 3. The van der Waals surface area contributed by atoms with Gasteiger partial charge in [-0.3, -0.25) is 0 Å². The molecule has 28 heavy (non-hydrogen) atoms. The van der Waals surface area contributed by atoms with Crippen LogP contribution in [0.2, 0.25) is 5.02 Å². The number of halogens is 1. The molecule has 2 aromatic carbocycles. The SMILES string of the molecule is Clc1ccc(OCc2nc(CSc3nccn3Cc3ccccc3)cs2)cc1. The smallest absolute Gasteiger partial charge is 0.168 e. The molecular formula is C21H18ClN3OS2. The summed E-state index contributed by atoms with van der Waals surface area (Å²) in [5, 5.41) is 4.73. The quantitative estimate of drug-likeness (QED) is 0.327. The fourth-order valence-corrected chi connectivity index (χ4v) is 4.42. The first-order valence-electron chi connectivity index (χ1n) is 8.76. The fourth-order valence-electron chi connectivity index (χ4n) is 2.63. The first-order valence-corrected chi connectivity index (χ1v) is 11.0. The zero-order valence-corrected chi connectivity index (χ0v) is 17.4. The van der Waals surface area contributed by atoms with Crippen molar-refractivity contribution in [2.75, 3.05) is 0 Å². The number of hydrogen-bond acceptors (Lipinski definition) is 5. The van der Waals surface area contributed by atoms with E-state index in [1.807, 2.05) is 42.7 Å². The number of ether oxygens (including phenoxy) is 1. The number of thioether (sulfide) groups is 1. The van der Waals surface area contributed by atoms with Crippen LogP contribution < -0.4 is 4.74 Å². The van der Waals surface area contributed by atoms with Crippen molar-refractivity contribution in [3.8, 4) is 5.75 Å². The van der Waals surface area contributed by atoms with E-state index >= 15 is 0 Å². The van der Waals surface area contributed by atoms with Gasteiger partial charge in [0.2, 0.25) is 0 Å². The molecule has 0 atom stereocenters. The number of imidazole rings is 1. The minimum atomic E-state index is 0.458. The van der Waals surface area contributed by atoms with E-state index in [2.05, 4.69) is 44.2 Å². The van der Waals surface area contributed by atoms with Crippen molar-refractivity contribution in [2.24, 2.45) is 0 Å². The summed E-state index contributed by atoms with van der Waals surface area (Å²) in [6.45, 7) is 1.28. The van der Waals surface area contributed by atoms with Gasteiger partial charge < -0.3 is 9.30 Å². The minimum absolute atomic E-state index is 0.458. The van der Waals surface area contributed by atoms with E-state index in [9.17, 15) is 0 Å². The van der Waals surface area contributed by atoms with Gasteiger partial charge in [0, 0.05) is 35.1 Å². The van der Waals surface area contributed by atoms with E-state index in [1.54, 1.807) is 23.1 Å². The highest BCUT2D eigenvalue weighted by atomic mass is 35.5. The Hall–Kier alpha value is -2.28. The molecule has 0 N–H and O–H groups in total. The van der Waals surface area contributed by atoms with Gasteiger partial charge in [0.05, 0.1) is 5.69 Å². The number of benzene rings is 2. The van der Waals surface area contributed by atoms with Crippen molar-refractivity contribution in [3.63, 3.8) is 0 Å². The number of rotatable bonds is 8. The normalized spacial score (nSPS) is 10.9. The van der Waals surface area contributed by atoms with Gasteiger partial charge in [0.25, 0.3) is 0 Å². The molecule has 0 aliphatic carbocycles. The van der Waals surface area contributed by atoms with Gasteiger partial charge in [-0.25, -0.2) is 9.97 Å². The summed E-state index contributed by atoms with van der Waals surface area (Å²) in [4.78, 5) is 9.15. The van der Waals surface area contributed by atoms with Crippen LogP contribution in [0.3, 0.4) is 0 Å². The van der Waals surface area contributed by atoms with Crippen molar-refractivity contribution in [2.45, 2.75) is 24.1 Å². The highest BCUT2D eigenvalue weighted by molar-refractivity contribution is 7.98. The van der Waals surface area contributed by atoms with Crippen LogP contribution in [0.4, 0.5) is 0 Å². The van der Waals surface area contributed by atoms with Crippen molar-refractivity contribution in [1.29, 1.82) is 0 Å². The molecule has 0 saturated carbocycles. The monoisotopic (exact) mass is 427 g/mol. The molecule has 0 radical (unpaired) electrons. The lowest BCUT2D eigenvalue weighted by Crippen LogP contribution is -2.00. The zero-order valence-electron chi connectivity index (χ0n) is 15.0. The molecule has 0 saturated heterocycles. The molecule has 0 unspecified atom stereocenters. The molecule has 0 spiro atoms. The molecule has 142 valence electrons. The topological polar surface area (TPSA) is 39.9 Å². The van der Waals surface area contributed by atoms with Crippen LogP contribution in [-0.4, -0.2) is 14.5 Å². The lowest BCUT2D eigenvalue weighted by atomic mass is 10.2. The van der Waals surface area contributed by atoms with Crippen LogP contribution in [0.1, 0.15) is 16.3 Å². The summed E-state index contributed by atoms with van der Waals surface area (Å²) in [6.07, 6.45) is 3.86. The Morgan fingerprint density at radius 3 is 2.71 bits per heavy atom. The standard InChI is InChI=1S/C21H18ClN3OS2/c22-17-6-8-19(9-7-17)26-13-20-24-18(14-27-20)15-28-21-23-10-11-25(21)12-16-4-2-1-3-5-16/h1-11,14H,12-13,15H2. The number of aromatic nitrogens is 3. The Balaban J connectivity index is 1.31. The van der Waals surface area contributed by atoms with E-state index in [1.165, 1.54) is 5.56 Å². The van der Waals surface area contributed by atoms with Gasteiger partial charge in [0.1, 0.15) is 17.4 Å². The molecule has 2 heterocycles. The van der Waals surface area contributed by atoms with Crippen molar-refractivity contribution < 1.29 is 4.74 Å². The van der Waals surface area contributed by atoms with Crippen LogP contribution in [0, 0.1) is 0 Å². The maximum absolute atomic E-state index is 5.89. The molecule has 7 heteroatoms. The molecule has 2 aromatic heterocycles. The Labute approximate surface area is 177 Å². The number of hydrogen-bond donors (Lipinski definition) is 0. The average molecular weight is 428 g/mol. The third-order valence-corrected chi connectivity index (χ3v) is 6.16. The molecule has 0 fully saturated rings. The van der Waals surface area contributed by atoms with Crippen LogP contribution >= 0.6 is 34.7 Å². The molecule has 4 rings (SSSR count). The first-order chi connectivity index (χ1) is 13.8. The van der Waals surface area contributed by atoms with E-state index in [4.69, 9.17) is 16.3 Å². The third kappa shape index (κ3) is 5.16. The highest BCUT2D eigenvalue weighted by Gasteiger charge is 2.08. The molecule has 0 bridgehead atoms. The van der Waals surface area contributed by atoms with Crippen LogP contribution in [0.15, 0.2) is 77.5 Å². The summed E-state index contributed by atoms with van der Waals surface area (Å²) in [7, 11) is 0. The summed E-state index contributed by atoms with van der Waals surface area (Å²) < 4.78 is 7.93. The summed E-state index contributed by atoms with van der Waals surface area (Å²) in [6, 6.07) is 17.8. The fraction of sp³-hybridized carbons (Fsp3) is 0.143. The molecular weight excluding hydrogens is 410 g/mol. The van der Waals surface area contributed by atoms with E-state index in [0.717, 1.165) is 33.9 Å². The average Bonchev–Trinajstić information content (AvgIpc) is 3.36. The molecule has 0 aliphatic rings. The van der Waals surface area contributed by atoms with E-state index in [0.29, 0.717) is 11.6 Å². The second-order valence-corrected chi connectivity index (χ2v) is 8.41. The largest absolute Gasteiger partial charge is 0.486 e. The van der Waals surface area contributed by atoms with Crippen LogP contribution in [0.25, 0.3) is 0 Å². The summed E-state index contributed by atoms with van der Waals surface area (Å²) in [5.41, 5.74) is 2.30. The van der Waals surface area contributed by atoms with E-state index < -0.39 is 0 Å². The molecule has 4 aromatic rings. The minimum Gasteiger partial charge on any atom is -0.486 e. The molecule has 0 amide bonds. The third-order valence-electron chi connectivity index (χ3n) is 4.00. The van der Waals surface area contributed by atoms with Crippen LogP contribution in [-0.2, 0) is 18.9 Å². The summed E-state index contributed by atoms with van der Waals surface area (Å²) >= 11 is 9.20. The highest BCUT2D eigenvalue weighted by Crippen LogP contribution is 2.24. The Morgan fingerprint density at radius 1 is 1.07 bits per heavy atom. The first kappa shape index (κ1) is 19.1. The van der Waals surface area contributed by atoms with Gasteiger partial charge in [-0.05, 0) is 29.8 Å². The summed E-state index contributed by atoms with van der Waals surface area (Å²) in [5.74, 6) is 1.57. The van der Waals surface area contributed by atoms with E-state index in [-0.39, 0.29) is 0 Å². The molecule has 0 aliphatic heterocycles. The van der Waals surface area contributed by atoms with Gasteiger partial charge in [-0.1, -0.05) is 53.7 Å². The second-order valence-electron chi connectivity index (χ2n) is 6.09. The Bertz CT molecular complexity index is 1020. The van der Waals surface area contributed by atoms with Gasteiger partial charge in [0.15, 0.2) is 5.16 Å². The lowest BCUT2D eigenvalue weighted by molar-refractivity contribution is 0.305. The van der Waals surface area contributed by atoms with Crippen molar-refractivity contribution in [3.05, 3.63) is 93.7 Å². The molecule has 4 nitrogen and oxygen atoms in total. The Morgan fingerprint density at radius 2 is 1.89 bits per heavy atom. The van der Waals surface area contributed by atoms with Gasteiger partial charge >= 0.3 is 0 Å². The zero-order chi connectivity index (χ0) is 19.2. The lowest BCUT2D eigenvalue weighted by Gasteiger charge is -2.07. The van der Waals surface area contributed by atoms with Gasteiger partial charge in [-0.15, -0.1) is 11.3 Å². The van der Waals surface area contributed by atoms with Crippen molar-refractivity contribution >= 4 is 34.7 Å². The second kappa shape index (κ2) is 9.28. The predicted molar refractivity (Wildman–Crippen MR) is 115 cm³/mol. The van der Waals surface area contributed by atoms with Crippen LogP contribution in [0.5, 0.6) is 5.75 Å². The Kier molecular flexibility index (Phi) is 6.31. The predicted octanol–water partition coefficient (Wildman–Crippen LogP) is 5.91. The van der Waals surface area contributed by atoms with Gasteiger partial charge in [-0.2, -0.15) is 0 Å².